The normalized spacial score (nSPS) is 37.9. The SMILES string of the molecule is N[C@H]1CCCC2CC[C@@H](C=O)N2C1=O. The van der Waals surface area contributed by atoms with Crippen LogP contribution in [-0.4, -0.2) is 35.2 Å². The van der Waals surface area contributed by atoms with E-state index in [1.54, 1.807) is 4.90 Å². The van der Waals surface area contributed by atoms with Crippen LogP contribution >= 0.6 is 0 Å². The highest BCUT2D eigenvalue weighted by Crippen LogP contribution is 2.30. The zero-order valence-corrected chi connectivity index (χ0v) is 8.19. The molecule has 2 aliphatic rings. The van der Waals surface area contributed by atoms with Crippen molar-refractivity contribution in [1.29, 1.82) is 0 Å². The van der Waals surface area contributed by atoms with Crippen LogP contribution in [0.3, 0.4) is 0 Å². The maximum atomic E-state index is 11.8. The second-order valence-electron chi connectivity index (χ2n) is 4.22. The zero-order valence-electron chi connectivity index (χ0n) is 8.19. The van der Waals surface area contributed by atoms with Gasteiger partial charge in [0, 0.05) is 6.04 Å². The molecule has 0 aromatic carbocycles. The number of fused-ring (bicyclic) bond motifs is 1. The smallest absolute Gasteiger partial charge is 0.240 e. The Labute approximate surface area is 83.4 Å². The van der Waals surface area contributed by atoms with Crippen LogP contribution < -0.4 is 5.73 Å². The first kappa shape index (κ1) is 9.65. The summed E-state index contributed by atoms with van der Waals surface area (Å²) in [7, 11) is 0. The molecule has 0 radical (unpaired) electrons. The van der Waals surface area contributed by atoms with Crippen molar-refractivity contribution in [1.82, 2.24) is 4.90 Å². The Morgan fingerprint density at radius 3 is 2.79 bits per heavy atom. The van der Waals surface area contributed by atoms with Crippen LogP contribution in [0.2, 0.25) is 0 Å². The number of carbonyl (C=O) groups is 2. The second-order valence-corrected chi connectivity index (χ2v) is 4.22. The molecule has 0 aromatic rings. The van der Waals surface area contributed by atoms with E-state index in [0.717, 1.165) is 38.4 Å². The highest BCUT2D eigenvalue weighted by molar-refractivity contribution is 5.85. The van der Waals surface area contributed by atoms with Gasteiger partial charge in [-0.2, -0.15) is 0 Å². The predicted molar refractivity (Wildman–Crippen MR) is 51.5 cm³/mol. The summed E-state index contributed by atoms with van der Waals surface area (Å²) < 4.78 is 0. The van der Waals surface area contributed by atoms with Crippen molar-refractivity contribution in [3.63, 3.8) is 0 Å². The van der Waals surface area contributed by atoms with Gasteiger partial charge in [-0.15, -0.1) is 0 Å². The molecule has 14 heavy (non-hydrogen) atoms. The van der Waals surface area contributed by atoms with Crippen molar-refractivity contribution in [2.45, 2.75) is 50.2 Å². The standard InChI is InChI=1S/C10H16N2O2/c11-9-3-1-2-7-4-5-8(6-13)12(7)10(9)14/h6-9H,1-5,11H2/t7?,8-,9-/m0/s1. The minimum atomic E-state index is -0.388. The quantitative estimate of drug-likeness (QED) is 0.603. The van der Waals surface area contributed by atoms with E-state index in [-0.39, 0.29) is 24.0 Å². The molecule has 78 valence electrons. The topological polar surface area (TPSA) is 63.4 Å². The van der Waals surface area contributed by atoms with Gasteiger partial charge in [-0.3, -0.25) is 4.79 Å². The molecule has 3 atom stereocenters. The van der Waals surface area contributed by atoms with Gasteiger partial charge in [0.05, 0.1) is 12.1 Å². The van der Waals surface area contributed by atoms with E-state index in [2.05, 4.69) is 0 Å². The number of carbonyl (C=O) groups excluding carboxylic acids is 2. The molecular formula is C10H16N2O2. The van der Waals surface area contributed by atoms with Crippen LogP contribution in [-0.2, 0) is 9.59 Å². The third kappa shape index (κ3) is 1.43. The molecule has 0 aromatic heterocycles. The van der Waals surface area contributed by atoms with Crippen molar-refractivity contribution in [2.24, 2.45) is 5.73 Å². The van der Waals surface area contributed by atoms with E-state index in [4.69, 9.17) is 5.73 Å². The van der Waals surface area contributed by atoms with Gasteiger partial charge in [0.15, 0.2) is 0 Å². The molecule has 2 saturated heterocycles. The summed E-state index contributed by atoms with van der Waals surface area (Å²) in [5.41, 5.74) is 5.74. The van der Waals surface area contributed by atoms with Crippen LogP contribution in [0.15, 0.2) is 0 Å². The van der Waals surface area contributed by atoms with Crippen molar-refractivity contribution < 1.29 is 9.59 Å². The van der Waals surface area contributed by atoms with Gasteiger partial charge in [0.2, 0.25) is 5.91 Å². The van der Waals surface area contributed by atoms with Crippen LogP contribution in [0.25, 0.3) is 0 Å². The maximum absolute atomic E-state index is 11.8. The monoisotopic (exact) mass is 196 g/mol. The summed E-state index contributed by atoms with van der Waals surface area (Å²) >= 11 is 0. The number of nitrogens with zero attached hydrogens (tertiary/aromatic N) is 1. The van der Waals surface area contributed by atoms with E-state index < -0.39 is 0 Å². The van der Waals surface area contributed by atoms with Crippen molar-refractivity contribution >= 4 is 12.2 Å². The van der Waals surface area contributed by atoms with Crippen molar-refractivity contribution in [3.8, 4) is 0 Å². The van der Waals surface area contributed by atoms with Crippen molar-refractivity contribution in [3.05, 3.63) is 0 Å². The average molecular weight is 196 g/mol. The summed E-state index contributed by atoms with van der Waals surface area (Å²) in [6.07, 6.45) is 5.42. The Balaban J connectivity index is 2.21. The van der Waals surface area contributed by atoms with Crippen LogP contribution in [0, 0.1) is 0 Å². The van der Waals surface area contributed by atoms with Gasteiger partial charge in [0.1, 0.15) is 6.29 Å². The minimum absolute atomic E-state index is 0.0258. The summed E-state index contributed by atoms with van der Waals surface area (Å²) in [5, 5.41) is 0. The van der Waals surface area contributed by atoms with Gasteiger partial charge in [-0.25, -0.2) is 0 Å². The number of amides is 1. The summed E-state index contributed by atoms with van der Waals surface area (Å²) in [4.78, 5) is 24.4. The fraction of sp³-hybridized carbons (Fsp3) is 0.800. The minimum Gasteiger partial charge on any atom is -0.329 e. The lowest BCUT2D eigenvalue weighted by Gasteiger charge is -2.27. The first-order valence-electron chi connectivity index (χ1n) is 5.27. The van der Waals surface area contributed by atoms with Gasteiger partial charge < -0.3 is 15.4 Å². The van der Waals surface area contributed by atoms with Gasteiger partial charge in [-0.1, -0.05) is 0 Å². The number of hydrogen-bond donors (Lipinski definition) is 1. The molecule has 4 heteroatoms. The molecule has 2 fully saturated rings. The van der Waals surface area contributed by atoms with Crippen LogP contribution in [0.5, 0.6) is 0 Å². The van der Waals surface area contributed by atoms with E-state index in [1.165, 1.54) is 0 Å². The van der Waals surface area contributed by atoms with Gasteiger partial charge in [-0.05, 0) is 32.1 Å². The Hall–Kier alpha value is -0.900. The Bertz CT molecular complexity index is 255. The molecule has 2 heterocycles. The Kier molecular flexibility index (Phi) is 2.54. The molecule has 2 N–H and O–H groups in total. The average Bonchev–Trinajstić information content (AvgIpc) is 2.53. The Morgan fingerprint density at radius 2 is 2.07 bits per heavy atom. The van der Waals surface area contributed by atoms with E-state index in [1.807, 2.05) is 0 Å². The third-order valence-electron chi connectivity index (χ3n) is 3.33. The molecule has 0 spiro atoms. The lowest BCUT2D eigenvalue weighted by Crippen LogP contribution is -2.48. The van der Waals surface area contributed by atoms with Crippen molar-refractivity contribution in [2.75, 3.05) is 0 Å². The first-order valence-corrected chi connectivity index (χ1v) is 5.27. The number of rotatable bonds is 1. The fourth-order valence-electron chi connectivity index (χ4n) is 2.56. The Morgan fingerprint density at radius 1 is 1.29 bits per heavy atom. The zero-order chi connectivity index (χ0) is 10.1. The molecule has 0 aliphatic carbocycles. The maximum Gasteiger partial charge on any atom is 0.240 e. The summed E-state index contributed by atoms with van der Waals surface area (Å²) in [6.45, 7) is 0. The van der Waals surface area contributed by atoms with Gasteiger partial charge >= 0.3 is 0 Å². The van der Waals surface area contributed by atoms with E-state index in [9.17, 15) is 9.59 Å². The summed E-state index contributed by atoms with van der Waals surface area (Å²) in [5.74, 6) is -0.0258. The highest BCUT2D eigenvalue weighted by atomic mass is 16.2. The van der Waals surface area contributed by atoms with Gasteiger partial charge in [0.25, 0.3) is 0 Å². The molecule has 0 bridgehead atoms. The molecule has 1 amide bonds. The van der Waals surface area contributed by atoms with Crippen LogP contribution in [0.4, 0.5) is 0 Å². The lowest BCUT2D eigenvalue weighted by atomic mass is 10.1. The van der Waals surface area contributed by atoms with Crippen LogP contribution in [0.1, 0.15) is 32.1 Å². The van der Waals surface area contributed by atoms with E-state index >= 15 is 0 Å². The predicted octanol–water partition coefficient (Wildman–Crippen LogP) is 0.0561. The number of hydrogen-bond acceptors (Lipinski definition) is 3. The number of aldehydes is 1. The molecular weight excluding hydrogens is 180 g/mol. The first-order chi connectivity index (χ1) is 6.74. The number of nitrogens with two attached hydrogens (primary N) is 1. The van der Waals surface area contributed by atoms with E-state index in [0.29, 0.717) is 0 Å². The third-order valence-corrected chi connectivity index (χ3v) is 3.33. The second kappa shape index (κ2) is 3.69. The molecule has 0 saturated carbocycles. The molecule has 4 nitrogen and oxygen atoms in total. The molecule has 2 rings (SSSR count). The largest absolute Gasteiger partial charge is 0.329 e. The molecule has 1 unspecified atom stereocenters. The lowest BCUT2D eigenvalue weighted by molar-refractivity contribution is -0.137. The highest BCUT2D eigenvalue weighted by Gasteiger charge is 2.39. The fourth-order valence-corrected chi connectivity index (χ4v) is 2.56. The summed E-state index contributed by atoms with van der Waals surface area (Å²) in [6, 6.07) is -0.330. The molecule has 2 aliphatic heterocycles.